The first-order valence-electron chi connectivity index (χ1n) is 6.13. The molecular weight excluding hydrogens is 278 g/mol. The second kappa shape index (κ2) is 5.67. The van der Waals surface area contributed by atoms with E-state index < -0.39 is 0 Å². The molecule has 0 spiro atoms. The van der Waals surface area contributed by atoms with Crippen molar-refractivity contribution >= 4 is 21.8 Å². The van der Waals surface area contributed by atoms with Gasteiger partial charge in [0.25, 0.3) is 0 Å². The van der Waals surface area contributed by atoms with Crippen LogP contribution in [-0.2, 0) is 11.2 Å². The molecule has 1 amide bonds. The number of likely N-dealkylation sites (tertiary alicyclic amines) is 1. The Morgan fingerprint density at radius 1 is 1.35 bits per heavy atom. The number of benzene rings is 1. The van der Waals surface area contributed by atoms with Gasteiger partial charge in [-0.05, 0) is 30.9 Å². The van der Waals surface area contributed by atoms with E-state index in [1.165, 1.54) is 5.56 Å². The lowest BCUT2D eigenvalue weighted by Crippen LogP contribution is -2.39. The molecule has 2 rings (SSSR count). The predicted molar refractivity (Wildman–Crippen MR) is 73.4 cm³/mol. The topological polar surface area (TPSA) is 20.3 Å². The van der Waals surface area contributed by atoms with Crippen molar-refractivity contribution in [2.75, 3.05) is 13.1 Å². The van der Waals surface area contributed by atoms with E-state index in [1.807, 2.05) is 23.1 Å². The minimum Gasteiger partial charge on any atom is -0.342 e. The average Bonchev–Trinajstić information content (AvgIpc) is 2.33. The normalized spacial score (nSPS) is 17.2. The first-order valence-corrected chi connectivity index (χ1v) is 7.05. The zero-order valence-corrected chi connectivity index (χ0v) is 11.7. The quantitative estimate of drug-likeness (QED) is 0.768. The van der Waals surface area contributed by atoms with E-state index in [-0.39, 0.29) is 5.91 Å². The first kappa shape index (κ1) is 12.6. The maximum Gasteiger partial charge on any atom is 0.227 e. The van der Waals surface area contributed by atoms with Gasteiger partial charge in [0.15, 0.2) is 0 Å². The standard InChI is InChI=1S/C14H18BrNO/c1-11-4-2-3-5-12(11)10-14(17)16-8-6-13(15)7-9-16/h2-5,13H,6-10H2,1H3. The summed E-state index contributed by atoms with van der Waals surface area (Å²) in [5.74, 6) is 0.263. The molecule has 0 aromatic heterocycles. The van der Waals surface area contributed by atoms with Crippen LogP contribution in [0.25, 0.3) is 0 Å². The molecule has 0 atom stereocenters. The van der Waals surface area contributed by atoms with Crippen LogP contribution in [0.5, 0.6) is 0 Å². The lowest BCUT2D eigenvalue weighted by molar-refractivity contribution is -0.131. The molecule has 1 fully saturated rings. The molecule has 1 aromatic carbocycles. The van der Waals surface area contributed by atoms with Crippen molar-refractivity contribution in [1.82, 2.24) is 4.90 Å². The predicted octanol–water partition coefficient (Wildman–Crippen LogP) is 2.92. The van der Waals surface area contributed by atoms with Crippen molar-refractivity contribution in [3.63, 3.8) is 0 Å². The fraction of sp³-hybridized carbons (Fsp3) is 0.500. The van der Waals surface area contributed by atoms with Gasteiger partial charge in [-0.1, -0.05) is 40.2 Å². The highest BCUT2D eigenvalue weighted by Crippen LogP contribution is 2.18. The molecule has 0 bridgehead atoms. The van der Waals surface area contributed by atoms with Crippen LogP contribution < -0.4 is 0 Å². The zero-order valence-electron chi connectivity index (χ0n) is 10.2. The lowest BCUT2D eigenvalue weighted by atomic mass is 10.0. The summed E-state index contributed by atoms with van der Waals surface area (Å²) in [6.45, 7) is 3.84. The Morgan fingerprint density at radius 2 is 2.00 bits per heavy atom. The molecule has 17 heavy (non-hydrogen) atoms. The number of aryl methyl sites for hydroxylation is 1. The molecule has 0 aliphatic carbocycles. The molecule has 1 saturated heterocycles. The molecule has 0 unspecified atom stereocenters. The number of hydrogen-bond donors (Lipinski definition) is 0. The van der Waals surface area contributed by atoms with Gasteiger partial charge in [0.1, 0.15) is 0 Å². The minimum atomic E-state index is 0.263. The van der Waals surface area contributed by atoms with Crippen molar-refractivity contribution in [3.8, 4) is 0 Å². The van der Waals surface area contributed by atoms with E-state index in [1.54, 1.807) is 0 Å². The number of nitrogens with zero attached hydrogens (tertiary/aromatic N) is 1. The third-order valence-electron chi connectivity index (χ3n) is 3.38. The van der Waals surface area contributed by atoms with Crippen LogP contribution in [-0.4, -0.2) is 28.7 Å². The Balaban J connectivity index is 1.95. The monoisotopic (exact) mass is 295 g/mol. The van der Waals surface area contributed by atoms with E-state index in [2.05, 4.69) is 28.9 Å². The number of piperidine rings is 1. The first-order chi connectivity index (χ1) is 8.16. The maximum absolute atomic E-state index is 12.1. The molecule has 2 nitrogen and oxygen atoms in total. The number of halogens is 1. The maximum atomic E-state index is 12.1. The highest BCUT2D eigenvalue weighted by atomic mass is 79.9. The van der Waals surface area contributed by atoms with Crippen molar-refractivity contribution in [2.45, 2.75) is 31.0 Å². The number of carbonyl (C=O) groups is 1. The Bertz CT molecular complexity index is 397. The smallest absolute Gasteiger partial charge is 0.227 e. The summed E-state index contributed by atoms with van der Waals surface area (Å²) >= 11 is 3.61. The summed E-state index contributed by atoms with van der Waals surface area (Å²) in [6, 6.07) is 8.12. The molecule has 1 aromatic rings. The van der Waals surface area contributed by atoms with Gasteiger partial charge in [-0.3, -0.25) is 4.79 Å². The van der Waals surface area contributed by atoms with Crippen molar-refractivity contribution in [1.29, 1.82) is 0 Å². The van der Waals surface area contributed by atoms with Crippen LogP contribution in [0.4, 0.5) is 0 Å². The Morgan fingerprint density at radius 3 is 2.65 bits per heavy atom. The molecule has 0 saturated carbocycles. The van der Waals surface area contributed by atoms with Crippen LogP contribution in [0.3, 0.4) is 0 Å². The van der Waals surface area contributed by atoms with Gasteiger partial charge >= 0.3 is 0 Å². The fourth-order valence-corrected chi connectivity index (χ4v) is 2.59. The molecule has 1 aliphatic heterocycles. The van der Waals surface area contributed by atoms with E-state index in [4.69, 9.17) is 0 Å². The van der Waals surface area contributed by atoms with Gasteiger partial charge in [0, 0.05) is 17.9 Å². The van der Waals surface area contributed by atoms with Gasteiger partial charge in [0.2, 0.25) is 5.91 Å². The number of carbonyl (C=O) groups excluding carboxylic acids is 1. The van der Waals surface area contributed by atoms with Gasteiger partial charge in [-0.25, -0.2) is 0 Å². The number of hydrogen-bond acceptors (Lipinski definition) is 1. The van der Waals surface area contributed by atoms with Gasteiger partial charge in [0.05, 0.1) is 6.42 Å². The molecule has 1 aliphatic rings. The Hall–Kier alpha value is -0.830. The largest absolute Gasteiger partial charge is 0.342 e. The second-order valence-corrected chi connectivity index (χ2v) is 5.95. The van der Waals surface area contributed by atoms with Crippen LogP contribution in [0.1, 0.15) is 24.0 Å². The van der Waals surface area contributed by atoms with Gasteiger partial charge in [-0.2, -0.15) is 0 Å². The van der Waals surface area contributed by atoms with Crippen LogP contribution in [0, 0.1) is 6.92 Å². The summed E-state index contributed by atoms with van der Waals surface area (Å²) in [6.07, 6.45) is 2.68. The molecule has 0 radical (unpaired) electrons. The molecule has 92 valence electrons. The SMILES string of the molecule is Cc1ccccc1CC(=O)N1CCC(Br)CC1. The molecule has 1 heterocycles. The average molecular weight is 296 g/mol. The van der Waals surface area contributed by atoms with E-state index in [9.17, 15) is 4.79 Å². The summed E-state index contributed by atoms with van der Waals surface area (Å²) in [7, 11) is 0. The Kier molecular flexibility index (Phi) is 4.21. The van der Waals surface area contributed by atoms with Crippen LogP contribution in [0.2, 0.25) is 0 Å². The summed E-state index contributed by atoms with van der Waals surface area (Å²) in [5.41, 5.74) is 2.36. The van der Waals surface area contributed by atoms with Crippen LogP contribution in [0.15, 0.2) is 24.3 Å². The zero-order chi connectivity index (χ0) is 12.3. The fourth-order valence-electron chi connectivity index (χ4n) is 2.18. The van der Waals surface area contributed by atoms with Gasteiger partial charge < -0.3 is 4.90 Å². The minimum absolute atomic E-state index is 0.263. The highest BCUT2D eigenvalue weighted by molar-refractivity contribution is 9.09. The Labute approximate surface area is 111 Å². The van der Waals surface area contributed by atoms with Gasteiger partial charge in [-0.15, -0.1) is 0 Å². The lowest BCUT2D eigenvalue weighted by Gasteiger charge is -2.29. The number of alkyl halides is 1. The second-order valence-electron chi connectivity index (χ2n) is 4.66. The molecular formula is C14H18BrNO. The third kappa shape index (κ3) is 3.32. The van der Waals surface area contributed by atoms with Crippen molar-refractivity contribution in [2.24, 2.45) is 0 Å². The number of amides is 1. The number of rotatable bonds is 2. The summed E-state index contributed by atoms with van der Waals surface area (Å²) < 4.78 is 0. The molecule has 3 heteroatoms. The van der Waals surface area contributed by atoms with E-state index in [0.717, 1.165) is 31.5 Å². The summed E-state index contributed by atoms with van der Waals surface area (Å²) in [4.78, 5) is 14.7. The highest BCUT2D eigenvalue weighted by Gasteiger charge is 2.21. The van der Waals surface area contributed by atoms with E-state index in [0.29, 0.717) is 11.2 Å². The van der Waals surface area contributed by atoms with Crippen molar-refractivity contribution in [3.05, 3.63) is 35.4 Å². The van der Waals surface area contributed by atoms with Crippen LogP contribution >= 0.6 is 15.9 Å². The van der Waals surface area contributed by atoms with E-state index >= 15 is 0 Å². The summed E-state index contributed by atoms with van der Waals surface area (Å²) in [5, 5.41) is 0. The third-order valence-corrected chi connectivity index (χ3v) is 4.30. The van der Waals surface area contributed by atoms with Crippen molar-refractivity contribution < 1.29 is 4.79 Å². The molecule has 0 N–H and O–H groups in total.